The lowest BCUT2D eigenvalue weighted by Gasteiger charge is -2.16. The van der Waals surface area contributed by atoms with Gasteiger partial charge in [0, 0.05) is 11.8 Å². The van der Waals surface area contributed by atoms with Crippen LogP contribution in [0.15, 0.2) is 31.0 Å². The van der Waals surface area contributed by atoms with Gasteiger partial charge in [-0.15, -0.1) is 11.3 Å². The van der Waals surface area contributed by atoms with Crippen LogP contribution in [0.4, 0.5) is 10.3 Å². The largest absolute Gasteiger partial charge is 0.351 e. The molecule has 0 bridgehead atoms. The molecule has 130 valence electrons. The summed E-state index contributed by atoms with van der Waals surface area (Å²) in [5, 5.41) is 3.97. The van der Waals surface area contributed by atoms with Gasteiger partial charge in [-0.25, -0.2) is 19.3 Å². The lowest BCUT2D eigenvalue weighted by atomic mass is 10.00. The summed E-state index contributed by atoms with van der Waals surface area (Å²) in [5.74, 6) is 0.424. The predicted octanol–water partition coefficient (Wildman–Crippen LogP) is 4.92. The summed E-state index contributed by atoms with van der Waals surface area (Å²) >= 11 is 1.67. The molecule has 3 aromatic rings. The van der Waals surface area contributed by atoms with Crippen molar-refractivity contribution < 1.29 is 4.39 Å². The fraction of sp³-hybridized carbons (Fsp3) is 0.316. The molecule has 0 aliphatic carbocycles. The first-order valence-corrected chi connectivity index (χ1v) is 8.88. The van der Waals surface area contributed by atoms with Gasteiger partial charge in [0.05, 0.1) is 27.5 Å². The van der Waals surface area contributed by atoms with Crippen LogP contribution in [-0.4, -0.2) is 27.2 Å². The average molecular weight is 356 g/mol. The quantitative estimate of drug-likeness (QED) is 0.704. The fourth-order valence-corrected chi connectivity index (χ4v) is 3.39. The zero-order valence-corrected chi connectivity index (χ0v) is 15.7. The SMILES string of the molecule is C=C(c1ccc2nc(C)sc2c1)c1cnc(NCC(C)(C)F)nc1C. The number of anilines is 1. The van der Waals surface area contributed by atoms with E-state index in [4.69, 9.17) is 0 Å². The second-order valence-electron chi connectivity index (χ2n) is 6.66. The van der Waals surface area contributed by atoms with E-state index >= 15 is 0 Å². The Bertz CT molecular complexity index is 940. The molecule has 2 aromatic heterocycles. The number of alkyl halides is 1. The average Bonchev–Trinajstić information content (AvgIpc) is 2.90. The number of halogens is 1. The molecule has 6 heteroatoms. The van der Waals surface area contributed by atoms with Crippen molar-refractivity contribution in [2.45, 2.75) is 33.4 Å². The number of benzene rings is 1. The lowest BCUT2D eigenvalue weighted by molar-refractivity contribution is 0.234. The Hall–Kier alpha value is -2.34. The summed E-state index contributed by atoms with van der Waals surface area (Å²) in [6.45, 7) is 11.3. The molecule has 1 aromatic carbocycles. The molecule has 0 fully saturated rings. The van der Waals surface area contributed by atoms with Gasteiger partial charge >= 0.3 is 0 Å². The van der Waals surface area contributed by atoms with Crippen LogP contribution in [0.2, 0.25) is 0 Å². The zero-order chi connectivity index (χ0) is 18.2. The molecular formula is C19H21FN4S. The Balaban J connectivity index is 1.85. The molecule has 0 amide bonds. The van der Waals surface area contributed by atoms with Crippen molar-refractivity contribution in [2.75, 3.05) is 11.9 Å². The number of hydrogen-bond donors (Lipinski definition) is 1. The minimum Gasteiger partial charge on any atom is -0.351 e. The van der Waals surface area contributed by atoms with Crippen molar-refractivity contribution in [3.05, 3.63) is 52.8 Å². The summed E-state index contributed by atoms with van der Waals surface area (Å²) in [6, 6.07) is 6.12. The smallest absolute Gasteiger partial charge is 0.222 e. The minimum absolute atomic E-state index is 0.161. The highest BCUT2D eigenvalue weighted by Gasteiger charge is 2.16. The van der Waals surface area contributed by atoms with Crippen molar-refractivity contribution in [3.8, 4) is 0 Å². The second-order valence-corrected chi connectivity index (χ2v) is 7.89. The topological polar surface area (TPSA) is 50.7 Å². The monoisotopic (exact) mass is 356 g/mol. The van der Waals surface area contributed by atoms with Crippen molar-refractivity contribution in [1.29, 1.82) is 0 Å². The van der Waals surface area contributed by atoms with E-state index in [1.165, 1.54) is 13.8 Å². The summed E-state index contributed by atoms with van der Waals surface area (Å²) in [6.07, 6.45) is 1.74. The van der Waals surface area contributed by atoms with Crippen LogP contribution in [0.1, 0.15) is 35.7 Å². The number of thiazole rings is 1. The molecule has 0 saturated carbocycles. The third kappa shape index (κ3) is 4.02. The lowest BCUT2D eigenvalue weighted by Crippen LogP contribution is -2.25. The number of nitrogens with zero attached hydrogens (tertiary/aromatic N) is 3. The Morgan fingerprint density at radius 1 is 1.28 bits per heavy atom. The van der Waals surface area contributed by atoms with Crippen molar-refractivity contribution in [2.24, 2.45) is 0 Å². The first-order valence-electron chi connectivity index (χ1n) is 8.06. The van der Waals surface area contributed by atoms with Crippen LogP contribution in [0.5, 0.6) is 0 Å². The van der Waals surface area contributed by atoms with E-state index in [1.54, 1.807) is 17.5 Å². The maximum atomic E-state index is 13.6. The fourth-order valence-electron chi connectivity index (χ4n) is 2.52. The minimum atomic E-state index is -1.32. The third-order valence-electron chi connectivity index (χ3n) is 3.82. The molecule has 0 atom stereocenters. The van der Waals surface area contributed by atoms with Gasteiger partial charge in [0.25, 0.3) is 0 Å². The van der Waals surface area contributed by atoms with E-state index in [-0.39, 0.29) is 6.54 Å². The molecule has 0 unspecified atom stereocenters. The van der Waals surface area contributed by atoms with E-state index in [0.717, 1.165) is 37.6 Å². The molecule has 2 heterocycles. The van der Waals surface area contributed by atoms with Gasteiger partial charge in [0.15, 0.2) is 0 Å². The molecule has 0 saturated heterocycles. The summed E-state index contributed by atoms with van der Waals surface area (Å²) < 4.78 is 14.7. The Morgan fingerprint density at radius 2 is 2.04 bits per heavy atom. The Kier molecular flexibility index (Phi) is 4.56. The second kappa shape index (κ2) is 6.52. The number of aryl methyl sites for hydroxylation is 2. The molecule has 0 radical (unpaired) electrons. The first kappa shape index (κ1) is 17.5. The molecule has 25 heavy (non-hydrogen) atoms. The predicted molar refractivity (Wildman–Crippen MR) is 103 cm³/mol. The third-order valence-corrected chi connectivity index (χ3v) is 4.75. The molecule has 0 spiro atoms. The molecule has 1 N–H and O–H groups in total. The van der Waals surface area contributed by atoms with Gasteiger partial charge in [-0.3, -0.25) is 0 Å². The first-order chi connectivity index (χ1) is 11.7. The zero-order valence-electron chi connectivity index (χ0n) is 14.9. The van der Waals surface area contributed by atoms with Gasteiger partial charge in [-0.1, -0.05) is 12.6 Å². The molecule has 3 rings (SSSR count). The Labute approximate surface area is 150 Å². The van der Waals surface area contributed by atoms with E-state index < -0.39 is 5.67 Å². The number of hydrogen-bond acceptors (Lipinski definition) is 5. The highest BCUT2D eigenvalue weighted by atomic mass is 32.1. The van der Waals surface area contributed by atoms with Gasteiger partial charge in [-0.2, -0.15) is 0 Å². The van der Waals surface area contributed by atoms with E-state index in [1.807, 2.05) is 26.0 Å². The van der Waals surface area contributed by atoms with E-state index in [9.17, 15) is 4.39 Å². The Morgan fingerprint density at radius 3 is 2.72 bits per heavy atom. The molecule has 0 aliphatic heterocycles. The molecule has 0 aliphatic rings. The van der Waals surface area contributed by atoms with Crippen LogP contribution in [-0.2, 0) is 0 Å². The van der Waals surface area contributed by atoms with Crippen LogP contribution >= 0.6 is 11.3 Å². The standard InChI is InChI=1S/C19H21FN4S/c1-11(14-6-7-16-17(8-14)25-13(3)24-16)15-9-21-18(23-12(15)2)22-10-19(4,5)20/h6-9H,1,10H2,2-5H3,(H,21,22,23). The van der Waals surface area contributed by atoms with Crippen molar-refractivity contribution in [1.82, 2.24) is 15.0 Å². The van der Waals surface area contributed by atoms with Gasteiger partial charge in [-0.05, 0) is 51.0 Å². The van der Waals surface area contributed by atoms with Crippen LogP contribution < -0.4 is 5.32 Å². The number of fused-ring (bicyclic) bond motifs is 1. The number of aromatic nitrogens is 3. The van der Waals surface area contributed by atoms with Crippen LogP contribution in [0.25, 0.3) is 15.8 Å². The molecular weight excluding hydrogens is 335 g/mol. The van der Waals surface area contributed by atoms with Gasteiger partial charge < -0.3 is 5.32 Å². The van der Waals surface area contributed by atoms with Crippen LogP contribution in [0.3, 0.4) is 0 Å². The summed E-state index contributed by atoms with van der Waals surface area (Å²) in [5.41, 5.74) is 3.25. The van der Waals surface area contributed by atoms with Crippen molar-refractivity contribution in [3.63, 3.8) is 0 Å². The summed E-state index contributed by atoms with van der Waals surface area (Å²) in [7, 11) is 0. The van der Waals surface area contributed by atoms with Crippen molar-refractivity contribution >= 4 is 33.1 Å². The maximum absolute atomic E-state index is 13.6. The van der Waals surface area contributed by atoms with E-state index in [2.05, 4.69) is 32.9 Å². The van der Waals surface area contributed by atoms with Crippen LogP contribution in [0, 0.1) is 13.8 Å². The number of rotatable bonds is 5. The highest BCUT2D eigenvalue weighted by molar-refractivity contribution is 7.18. The van der Waals surface area contributed by atoms with Gasteiger partial charge in [0.2, 0.25) is 5.95 Å². The van der Waals surface area contributed by atoms with E-state index in [0.29, 0.717) is 5.95 Å². The van der Waals surface area contributed by atoms with Gasteiger partial charge in [0.1, 0.15) is 5.67 Å². The highest BCUT2D eigenvalue weighted by Crippen LogP contribution is 2.29. The summed E-state index contributed by atoms with van der Waals surface area (Å²) in [4.78, 5) is 13.2. The molecule has 4 nitrogen and oxygen atoms in total. The maximum Gasteiger partial charge on any atom is 0.222 e. The number of nitrogens with one attached hydrogen (secondary N) is 1. The normalized spacial score (nSPS) is 11.7.